The van der Waals surface area contributed by atoms with E-state index in [0.29, 0.717) is 6.42 Å². The smallest absolute Gasteiger partial charge is 0.237 e. The second-order valence-corrected chi connectivity index (χ2v) is 7.03. The summed E-state index contributed by atoms with van der Waals surface area (Å²) in [4.78, 5) is 14.4. The highest BCUT2D eigenvalue weighted by molar-refractivity contribution is 7.98. The van der Waals surface area contributed by atoms with E-state index in [0.717, 1.165) is 42.4 Å². The van der Waals surface area contributed by atoms with Crippen LogP contribution in [0.5, 0.6) is 0 Å². The van der Waals surface area contributed by atoms with Crippen LogP contribution in [0.15, 0.2) is 24.3 Å². The minimum absolute atomic E-state index is 0. The number of rotatable bonds is 6. The van der Waals surface area contributed by atoms with Crippen molar-refractivity contribution < 1.29 is 4.79 Å². The molecule has 2 rings (SSSR count). The van der Waals surface area contributed by atoms with Crippen LogP contribution in [0.1, 0.15) is 19.3 Å². The lowest BCUT2D eigenvalue weighted by Gasteiger charge is -2.35. The molecule has 0 saturated carbocycles. The largest absolute Gasteiger partial charge is 0.368 e. The number of hydrogen-bond donors (Lipinski definition) is 2. The number of benzene rings is 1. The van der Waals surface area contributed by atoms with Gasteiger partial charge in [0.15, 0.2) is 0 Å². The zero-order chi connectivity index (χ0) is 15.9. The summed E-state index contributed by atoms with van der Waals surface area (Å²) in [6.45, 7) is 1.75. The second-order valence-electron chi connectivity index (χ2n) is 5.63. The Morgan fingerprint density at radius 3 is 2.96 bits per heavy atom. The van der Waals surface area contributed by atoms with E-state index >= 15 is 0 Å². The number of anilines is 1. The van der Waals surface area contributed by atoms with Gasteiger partial charge in [-0.1, -0.05) is 23.7 Å². The Kier molecular flexibility index (Phi) is 9.14. The van der Waals surface area contributed by atoms with Crippen molar-refractivity contribution in [1.82, 2.24) is 5.32 Å². The van der Waals surface area contributed by atoms with Gasteiger partial charge >= 0.3 is 0 Å². The standard InChI is InChI=1S/C16H24ClN3OS.ClH/c1-22-10-8-14(18)16(21)19-12-5-4-9-20(11-12)15-7-3-2-6-13(15)17;/h2-3,6-7,12,14H,4-5,8-11,18H2,1H3,(H,19,21);1H/t12?,14-;/m0./s1. The number of halogens is 2. The fourth-order valence-corrected chi connectivity index (χ4v) is 3.45. The zero-order valence-electron chi connectivity index (χ0n) is 13.3. The first-order valence-corrected chi connectivity index (χ1v) is 9.43. The summed E-state index contributed by atoms with van der Waals surface area (Å²) in [7, 11) is 0. The van der Waals surface area contributed by atoms with Crippen LogP contribution in [-0.2, 0) is 4.79 Å². The minimum atomic E-state index is -0.414. The van der Waals surface area contributed by atoms with E-state index in [9.17, 15) is 4.79 Å². The summed E-state index contributed by atoms with van der Waals surface area (Å²) in [6.07, 6.45) is 4.76. The number of para-hydroxylation sites is 1. The average Bonchev–Trinajstić information content (AvgIpc) is 2.53. The summed E-state index contributed by atoms with van der Waals surface area (Å²) < 4.78 is 0. The van der Waals surface area contributed by atoms with E-state index in [-0.39, 0.29) is 24.4 Å². The maximum absolute atomic E-state index is 12.1. The summed E-state index contributed by atoms with van der Waals surface area (Å²) in [5.41, 5.74) is 6.97. The van der Waals surface area contributed by atoms with Gasteiger partial charge in [-0.15, -0.1) is 12.4 Å². The number of amides is 1. The highest BCUT2D eigenvalue weighted by Gasteiger charge is 2.24. The van der Waals surface area contributed by atoms with Crippen molar-refractivity contribution in [3.63, 3.8) is 0 Å². The Hall–Kier alpha value is -0.620. The molecule has 4 nitrogen and oxygen atoms in total. The molecule has 1 amide bonds. The molecule has 1 unspecified atom stereocenters. The summed E-state index contributed by atoms with van der Waals surface area (Å²) in [6, 6.07) is 7.57. The zero-order valence-corrected chi connectivity index (χ0v) is 15.7. The van der Waals surface area contributed by atoms with Crippen molar-refractivity contribution in [2.45, 2.75) is 31.3 Å². The van der Waals surface area contributed by atoms with Crippen LogP contribution in [0.2, 0.25) is 5.02 Å². The molecule has 1 fully saturated rings. The van der Waals surface area contributed by atoms with E-state index in [1.54, 1.807) is 11.8 Å². The minimum Gasteiger partial charge on any atom is -0.368 e. The van der Waals surface area contributed by atoms with Crippen LogP contribution in [0, 0.1) is 0 Å². The van der Waals surface area contributed by atoms with Crippen molar-refractivity contribution in [1.29, 1.82) is 0 Å². The molecule has 0 radical (unpaired) electrons. The van der Waals surface area contributed by atoms with Gasteiger partial charge in [0.25, 0.3) is 0 Å². The average molecular weight is 378 g/mol. The van der Waals surface area contributed by atoms with Gasteiger partial charge in [0, 0.05) is 19.1 Å². The highest BCUT2D eigenvalue weighted by Crippen LogP contribution is 2.27. The monoisotopic (exact) mass is 377 g/mol. The SMILES string of the molecule is CSCC[C@H](N)C(=O)NC1CCCN(c2ccccc2Cl)C1.Cl. The van der Waals surface area contributed by atoms with Crippen LogP contribution in [0.3, 0.4) is 0 Å². The van der Waals surface area contributed by atoms with Crippen molar-refractivity contribution in [3.05, 3.63) is 29.3 Å². The van der Waals surface area contributed by atoms with Gasteiger partial charge in [-0.25, -0.2) is 0 Å². The van der Waals surface area contributed by atoms with Crippen molar-refractivity contribution >= 4 is 47.4 Å². The van der Waals surface area contributed by atoms with Crippen molar-refractivity contribution in [2.75, 3.05) is 30.0 Å². The lowest BCUT2D eigenvalue weighted by Crippen LogP contribution is -2.52. The molecule has 0 bridgehead atoms. The number of carbonyl (C=O) groups excluding carboxylic acids is 1. The molecule has 3 N–H and O–H groups in total. The van der Waals surface area contributed by atoms with Crippen LogP contribution >= 0.6 is 35.8 Å². The maximum atomic E-state index is 12.1. The van der Waals surface area contributed by atoms with E-state index in [2.05, 4.69) is 10.2 Å². The molecular formula is C16H25Cl2N3OS. The molecule has 0 spiro atoms. The number of nitrogens with one attached hydrogen (secondary N) is 1. The first-order valence-electron chi connectivity index (χ1n) is 7.66. The lowest BCUT2D eigenvalue weighted by atomic mass is 10.0. The normalized spacial score (nSPS) is 18.9. The van der Waals surface area contributed by atoms with Gasteiger partial charge in [-0.2, -0.15) is 11.8 Å². The Morgan fingerprint density at radius 2 is 2.26 bits per heavy atom. The molecule has 1 saturated heterocycles. The molecule has 23 heavy (non-hydrogen) atoms. The lowest BCUT2D eigenvalue weighted by molar-refractivity contribution is -0.123. The molecule has 2 atom stereocenters. The maximum Gasteiger partial charge on any atom is 0.237 e. The van der Waals surface area contributed by atoms with E-state index in [4.69, 9.17) is 17.3 Å². The van der Waals surface area contributed by atoms with Gasteiger partial charge in [-0.3, -0.25) is 4.79 Å². The predicted octanol–water partition coefficient (Wildman–Crippen LogP) is 2.93. The Morgan fingerprint density at radius 1 is 1.52 bits per heavy atom. The van der Waals surface area contributed by atoms with Gasteiger partial charge < -0.3 is 16.0 Å². The van der Waals surface area contributed by atoms with Crippen LogP contribution in [0.4, 0.5) is 5.69 Å². The topological polar surface area (TPSA) is 58.4 Å². The third-order valence-corrected chi connectivity index (χ3v) is 4.89. The number of nitrogens with zero attached hydrogens (tertiary/aromatic N) is 1. The molecule has 1 heterocycles. The first-order chi connectivity index (χ1) is 10.6. The van der Waals surface area contributed by atoms with Gasteiger partial charge in [0.2, 0.25) is 5.91 Å². The molecule has 0 aromatic heterocycles. The highest BCUT2D eigenvalue weighted by atomic mass is 35.5. The van der Waals surface area contributed by atoms with Crippen LogP contribution < -0.4 is 16.0 Å². The Bertz CT molecular complexity index is 504. The Balaban J connectivity index is 0.00000264. The number of nitrogens with two attached hydrogens (primary N) is 1. The van der Waals surface area contributed by atoms with E-state index in [1.807, 2.05) is 30.5 Å². The summed E-state index contributed by atoms with van der Waals surface area (Å²) >= 11 is 7.98. The van der Waals surface area contributed by atoms with E-state index < -0.39 is 6.04 Å². The first kappa shape index (κ1) is 20.4. The quantitative estimate of drug-likeness (QED) is 0.799. The number of piperidine rings is 1. The third kappa shape index (κ3) is 6.07. The van der Waals surface area contributed by atoms with Gasteiger partial charge in [-0.05, 0) is 43.4 Å². The van der Waals surface area contributed by atoms with Crippen molar-refractivity contribution in [3.8, 4) is 0 Å². The molecular weight excluding hydrogens is 353 g/mol. The number of hydrogen-bond acceptors (Lipinski definition) is 4. The molecule has 0 aliphatic carbocycles. The van der Waals surface area contributed by atoms with Crippen LogP contribution in [-0.4, -0.2) is 43.1 Å². The molecule has 1 aliphatic heterocycles. The van der Waals surface area contributed by atoms with Gasteiger partial charge in [0.1, 0.15) is 0 Å². The summed E-state index contributed by atoms with van der Waals surface area (Å²) in [5, 5.41) is 3.84. The Labute approximate surface area is 153 Å². The molecule has 1 aromatic rings. The van der Waals surface area contributed by atoms with Crippen LogP contribution in [0.25, 0.3) is 0 Å². The molecule has 130 valence electrons. The van der Waals surface area contributed by atoms with E-state index in [1.165, 1.54) is 0 Å². The van der Waals surface area contributed by atoms with Crippen molar-refractivity contribution in [2.24, 2.45) is 5.73 Å². The summed E-state index contributed by atoms with van der Waals surface area (Å²) in [5.74, 6) is 0.866. The molecule has 1 aromatic carbocycles. The molecule has 1 aliphatic rings. The fraction of sp³-hybridized carbons (Fsp3) is 0.562. The number of thioether (sulfide) groups is 1. The van der Waals surface area contributed by atoms with Gasteiger partial charge in [0.05, 0.1) is 16.8 Å². The molecule has 7 heteroatoms. The predicted molar refractivity (Wildman–Crippen MR) is 103 cm³/mol. The number of carbonyl (C=O) groups is 1. The second kappa shape index (κ2) is 10.3. The third-order valence-electron chi connectivity index (χ3n) is 3.93. The fourth-order valence-electron chi connectivity index (χ4n) is 2.71.